The van der Waals surface area contributed by atoms with Gasteiger partial charge in [0.25, 0.3) is 0 Å². The molecule has 2 fully saturated rings. The number of aliphatic hydroxyl groups is 1. The number of nitrogens with one attached hydrogen (secondary N) is 1. The number of fused-ring (bicyclic) bond motifs is 1. The number of nitrogens with zero attached hydrogens (tertiary/aromatic N) is 2. The number of aryl methyl sites for hydroxylation is 1. The average Bonchev–Trinajstić information content (AvgIpc) is 2.70. The number of anilines is 1. The lowest BCUT2D eigenvalue weighted by atomic mass is 9.97. The van der Waals surface area contributed by atoms with Crippen LogP contribution in [0.5, 0.6) is 5.75 Å². The molecule has 4 rings (SSSR count). The third-order valence-electron chi connectivity index (χ3n) is 6.42. The van der Waals surface area contributed by atoms with Crippen LogP contribution >= 0.6 is 0 Å². The predicted octanol–water partition coefficient (Wildman–Crippen LogP) is 2.26. The van der Waals surface area contributed by atoms with Gasteiger partial charge in [-0.25, -0.2) is 0 Å². The maximum Gasteiger partial charge on any atom is 0.224 e. The van der Waals surface area contributed by atoms with Crippen LogP contribution in [-0.2, 0) is 11.2 Å². The number of β-amino-alcohol motifs (C(OH)–C–C–N with tert-alkyl or cyclic N) is 1. The zero-order valence-electron chi connectivity index (χ0n) is 16.9. The number of carbonyl (C=O) groups excluding carboxylic acids is 1. The second-order valence-electron chi connectivity index (χ2n) is 8.45. The van der Waals surface area contributed by atoms with Crippen molar-refractivity contribution in [2.45, 2.75) is 63.7 Å². The van der Waals surface area contributed by atoms with E-state index >= 15 is 0 Å². The number of piperidine rings is 2. The predicted molar refractivity (Wildman–Crippen MR) is 110 cm³/mol. The number of hydrogen-bond acceptors (Lipinski definition) is 5. The minimum absolute atomic E-state index is 0.0736. The van der Waals surface area contributed by atoms with Crippen LogP contribution in [0.4, 0.5) is 5.69 Å². The molecule has 6 nitrogen and oxygen atoms in total. The molecule has 6 heteroatoms. The van der Waals surface area contributed by atoms with E-state index in [1.807, 2.05) is 18.2 Å². The van der Waals surface area contributed by atoms with Crippen molar-refractivity contribution < 1.29 is 14.6 Å². The smallest absolute Gasteiger partial charge is 0.224 e. The second-order valence-corrected chi connectivity index (χ2v) is 8.45. The molecule has 0 bridgehead atoms. The van der Waals surface area contributed by atoms with E-state index in [1.165, 1.54) is 38.9 Å². The normalized spacial score (nSPS) is 27.3. The van der Waals surface area contributed by atoms with Gasteiger partial charge in [-0.1, -0.05) is 6.92 Å². The summed E-state index contributed by atoms with van der Waals surface area (Å²) in [6.45, 7) is 7.49. The molecule has 0 saturated carbocycles. The maximum atomic E-state index is 11.5. The number of rotatable bonds is 5. The van der Waals surface area contributed by atoms with Crippen molar-refractivity contribution in [2.24, 2.45) is 0 Å². The summed E-state index contributed by atoms with van der Waals surface area (Å²) in [5, 5.41) is 13.6. The summed E-state index contributed by atoms with van der Waals surface area (Å²) in [4.78, 5) is 16.5. The van der Waals surface area contributed by atoms with E-state index in [9.17, 15) is 9.90 Å². The van der Waals surface area contributed by atoms with E-state index in [4.69, 9.17) is 4.74 Å². The molecule has 2 N–H and O–H groups in total. The first kappa shape index (κ1) is 19.7. The van der Waals surface area contributed by atoms with Gasteiger partial charge in [0.15, 0.2) is 0 Å². The maximum absolute atomic E-state index is 11.5. The molecule has 154 valence electrons. The SMILES string of the molecule is CCCN1CCC(N2CC[C@@H](Oc3ccc4c(c3)CCC(=O)N4)[C@H](O)C2)CC1. The van der Waals surface area contributed by atoms with Crippen molar-refractivity contribution in [2.75, 3.05) is 38.0 Å². The van der Waals surface area contributed by atoms with Gasteiger partial charge in [-0.3, -0.25) is 9.69 Å². The van der Waals surface area contributed by atoms with Gasteiger partial charge in [0.1, 0.15) is 18.0 Å². The minimum Gasteiger partial charge on any atom is -0.488 e. The van der Waals surface area contributed by atoms with Gasteiger partial charge in [0.2, 0.25) is 5.91 Å². The van der Waals surface area contributed by atoms with Gasteiger partial charge in [0, 0.05) is 31.2 Å². The zero-order chi connectivity index (χ0) is 19.5. The van der Waals surface area contributed by atoms with Crippen molar-refractivity contribution in [3.8, 4) is 5.75 Å². The number of amides is 1. The van der Waals surface area contributed by atoms with Crippen LogP contribution in [0.1, 0.15) is 44.6 Å². The molecular formula is C22H33N3O3. The molecule has 3 aliphatic heterocycles. The fraction of sp³-hybridized carbons (Fsp3) is 0.682. The Morgan fingerprint density at radius 1 is 1.18 bits per heavy atom. The Morgan fingerprint density at radius 2 is 2.00 bits per heavy atom. The standard InChI is InChI=1S/C22H33N3O3/c1-2-10-24-11-7-17(8-12-24)25-13-9-21(20(26)15-25)28-18-4-5-19-16(14-18)3-6-22(27)23-19/h4-5,14,17,20-21,26H,2-3,6-13,15H2,1H3,(H,23,27)/t20-,21-/m1/s1. The van der Waals surface area contributed by atoms with Crippen molar-refractivity contribution >= 4 is 11.6 Å². The van der Waals surface area contributed by atoms with Gasteiger partial charge >= 0.3 is 0 Å². The van der Waals surface area contributed by atoms with Gasteiger partial charge in [-0.05, 0) is 75.5 Å². The molecule has 0 spiro atoms. The van der Waals surface area contributed by atoms with Crippen molar-refractivity contribution in [3.63, 3.8) is 0 Å². The Balaban J connectivity index is 1.30. The van der Waals surface area contributed by atoms with Crippen LogP contribution in [0.25, 0.3) is 0 Å². The Labute approximate surface area is 167 Å². The van der Waals surface area contributed by atoms with Gasteiger partial charge in [-0.2, -0.15) is 0 Å². The molecule has 1 aromatic carbocycles. The van der Waals surface area contributed by atoms with E-state index < -0.39 is 6.10 Å². The summed E-state index contributed by atoms with van der Waals surface area (Å²) in [6.07, 6.45) is 5.13. The monoisotopic (exact) mass is 387 g/mol. The highest BCUT2D eigenvalue weighted by Crippen LogP contribution is 2.29. The zero-order valence-corrected chi connectivity index (χ0v) is 16.9. The number of ether oxygens (including phenoxy) is 1. The molecule has 2 atom stereocenters. The number of benzene rings is 1. The lowest BCUT2D eigenvalue weighted by Gasteiger charge is -2.43. The molecule has 3 aliphatic rings. The van der Waals surface area contributed by atoms with Crippen LogP contribution in [0.15, 0.2) is 18.2 Å². The van der Waals surface area contributed by atoms with Crippen LogP contribution < -0.4 is 10.1 Å². The first-order valence-electron chi connectivity index (χ1n) is 10.9. The van der Waals surface area contributed by atoms with Gasteiger partial charge in [-0.15, -0.1) is 0 Å². The lowest BCUT2D eigenvalue weighted by molar-refractivity contribution is -0.116. The molecule has 0 unspecified atom stereocenters. The summed E-state index contributed by atoms with van der Waals surface area (Å²) >= 11 is 0. The molecule has 0 radical (unpaired) electrons. The molecule has 28 heavy (non-hydrogen) atoms. The number of hydrogen-bond donors (Lipinski definition) is 2. The van der Waals surface area contributed by atoms with E-state index in [0.29, 0.717) is 19.0 Å². The minimum atomic E-state index is -0.460. The van der Waals surface area contributed by atoms with E-state index in [-0.39, 0.29) is 12.0 Å². The largest absolute Gasteiger partial charge is 0.488 e. The first-order valence-corrected chi connectivity index (χ1v) is 10.9. The lowest BCUT2D eigenvalue weighted by Crippen LogP contribution is -2.54. The summed E-state index contributed by atoms with van der Waals surface area (Å²) in [5.41, 5.74) is 2.00. The molecule has 2 saturated heterocycles. The summed E-state index contributed by atoms with van der Waals surface area (Å²) in [5.74, 6) is 0.866. The highest BCUT2D eigenvalue weighted by atomic mass is 16.5. The molecule has 1 amide bonds. The first-order chi connectivity index (χ1) is 13.6. The summed E-state index contributed by atoms with van der Waals surface area (Å²) in [7, 11) is 0. The number of likely N-dealkylation sites (tertiary alicyclic amines) is 2. The molecule has 1 aromatic rings. The van der Waals surface area contributed by atoms with Crippen molar-refractivity contribution in [1.29, 1.82) is 0 Å². The number of carbonyl (C=O) groups is 1. The van der Waals surface area contributed by atoms with Crippen molar-refractivity contribution in [3.05, 3.63) is 23.8 Å². The van der Waals surface area contributed by atoms with Crippen LogP contribution in [0.2, 0.25) is 0 Å². The highest BCUT2D eigenvalue weighted by Gasteiger charge is 2.34. The average molecular weight is 388 g/mol. The summed E-state index contributed by atoms with van der Waals surface area (Å²) < 4.78 is 6.15. The van der Waals surface area contributed by atoms with Crippen LogP contribution in [-0.4, -0.2) is 71.8 Å². The Hall–Kier alpha value is -1.63. The van der Waals surface area contributed by atoms with Crippen LogP contribution in [0, 0.1) is 0 Å². The second kappa shape index (κ2) is 8.80. The van der Waals surface area contributed by atoms with E-state index in [2.05, 4.69) is 22.0 Å². The third-order valence-corrected chi connectivity index (χ3v) is 6.42. The van der Waals surface area contributed by atoms with Gasteiger partial charge < -0.3 is 20.1 Å². The topological polar surface area (TPSA) is 65.0 Å². The Bertz CT molecular complexity index is 688. The highest BCUT2D eigenvalue weighted by molar-refractivity contribution is 5.93. The fourth-order valence-electron chi connectivity index (χ4n) is 4.84. The fourth-order valence-corrected chi connectivity index (χ4v) is 4.84. The molecule has 0 aromatic heterocycles. The van der Waals surface area contributed by atoms with Crippen molar-refractivity contribution in [1.82, 2.24) is 9.80 Å². The Kier molecular flexibility index (Phi) is 6.19. The molecule has 0 aliphatic carbocycles. The molecular weight excluding hydrogens is 354 g/mol. The van der Waals surface area contributed by atoms with E-state index in [0.717, 1.165) is 36.4 Å². The summed E-state index contributed by atoms with van der Waals surface area (Å²) in [6, 6.07) is 6.41. The Morgan fingerprint density at radius 3 is 2.75 bits per heavy atom. The van der Waals surface area contributed by atoms with E-state index in [1.54, 1.807) is 0 Å². The third kappa shape index (κ3) is 4.50. The molecule has 3 heterocycles. The number of aliphatic hydroxyl groups excluding tert-OH is 1. The van der Waals surface area contributed by atoms with Gasteiger partial charge in [0.05, 0.1) is 0 Å². The quantitative estimate of drug-likeness (QED) is 0.811. The van der Waals surface area contributed by atoms with Crippen LogP contribution in [0.3, 0.4) is 0 Å².